The summed E-state index contributed by atoms with van der Waals surface area (Å²) in [5, 5.41) is 23.7. The van der Waals surface area contributed by atoms with Gasteiger partial charge in [0.2, 0.25) is 17.7 Å². The van der Waals surface area contributed by atoms with Crippen LogP contribution in [0.3, 0.4) is 0 Å². The predicted octanol–water partition coefficient (Wildman–Crippen LogP) is 1.83. The molecular weight excluding hydrogens is 446 g/mol. The van der Waals surface area contributed by atoms with Crippen LogP contribution in [0.5, 0.6) is 0 Å². The lowest BCUT2D eigenvalue weighted by Crippen LogP contribution is -2.37. The standard InChI is InChI=1S/C24H21N9O2/c25-10-19-23(35-21(29-19)9-22(34)33-6-5-18-20(13-33)31-32-30-18)16-11-26-24(27-12-16)28-17-7-14-3-1-2-4-15(14)8-17/h1-4,11-12,17H,5-9,13H2,(H,26,27,28)(H,30,31,32). The van der Waals surface area contributed by atoms with Gasteiger partial charge in [0.1, 0.15) is 18.2 Å². The zero-order chi connectivity index (χ0) is 23.8. The maximum Gasteiger partial charge on any atom is 0.232 e. The average Bonchev–Trinajstić information content (AvgIpc) is 3.61. The van der Waals surface area contributed by atoms with Gasteiger partial charge in [0, 0.05) is 31.4 Å². The predicted molar refractivity (Wildman–Crippen MR) is 123 cm³/mol. The second-order valence-corrected chi connectivity index (χ2v) is 8.67. The van der Waals surface area contributed by atoms with Gasteiger partial charge in [-0.15, -0.1) is 0 Å². The fraction of sp³-hybridized carbons (Fsp3) is 0.292. The second kappa shape index (κ2) is 8.64. The Labute approximate surface area is 200 Å². The monoisotopic (exact) mass is 467 g/mol. The molecule has 0 saturated heterocycles. The SMILES string of the molecule is N#Cc1nc(CC(=O)N2CCc3n[nH]nc3C2)oc1-c1cnc(NC2Cc3ccccc3C2)nc1. The smallest absolute Gasteiger partial charge is 0.232 e. The van der Waals surface area contributed by atoms with E-state index in [1.807, 2.05) is 6.07 Å². The van der Waals surface area contributed by atoms with Crippen LogP contribution in [0.1, 0.15) is 34.1 Å². The number of benzene rings is 1. The number of amides is 1. The van der Waals surface area contributed by atoms with Crippen molar-refractivity contribution in [2.45, 2.75) is 38.3 Å². The van der Waals surface area contributed by atoms with Gasteiger partial charge in [-0.05, 0) is 24.0 Å². The summed E-state index contributed by atoms with van der Waals surface area (Å²) in [6.07, 6.45) is 5.64. The average molecular weight is 467 g/mol. The third-order valence-corrected chi connectivity index (χ3v) is 6.39. The van der Waals surface area contributed by atoms with E-state index in [-0.39, 0.29) is 35.7 Å². The van der Waals surface area contributed by atoms with Gasteiger partial charge in [-0.25, -0.2) is 15.0 Å². The van der Waals surface area contributed by atoms with Gasteiger partial charge in [-0.2, -0.15) is 20.7 Å². The van der Waals surface area contributed by atoms with Crippen molar-refractivity contribution in [3.63, 3.8) is 0 Å². The van der Waals surface area contributed by atoms with E-state index < -0.39 is 0 Å². The Bertz CT molecular complexity index is 1410. The summed E-state index contributed by atoms with van der Waals surface area (Å²) in [6, 6.07) is 10.7. The first-order valence-corrected chi connectivity index (χ1v) is 11.4. The Kier molecular flexibility index (Phi) is 5.18. The molecule has 0 radical (unpaired) electrons. The molecule has 0 atom stereocenters. The van der Waals surface area contributed by atoms with E-state index >= 15 is 0 Å². The van der Waals surface area contributed by atoms with Gasteiger partial charge in [-0.3, -0.25) is 4.79 Å². The highest BCUT2D eigenvalue weighted by molar-refractivity contribution is 5.78. The van der Waals surface area contributed by atoms with E-state index in [0.717, 1.165) is 24.2 Å². The number of oxazole rings is 1. The molecule has 3 aromatic heterocycles. The first-order chi connectivity index (χ1) is 17.2. The summed E-state index contributed by atoms with van der Waals surface area (Å²) in [5.74, 6) is 0.799. The van der Waals surface area contributed by atoms with Crippen LogP contribution < -0.4 is 5.32 Å². The van der Waals surface area contributed by atoms with Gasteiger partial charge < -0.3 is 14.6 Å². The van der Waals surface area contributed by atoms with Crippen LogP contribution in [0.25, 0.3) is 11.3 Å². The van der Waals surface area contributed by atoms with Crippen LogP contribution in [0.15, 0.2) is 41.1 Å². The van der Waals surface area contributed by atoms with Gasteiger partial charge in [0.25, 0.3) is 0 Å². The van der Waals surface area contributed by atoms with E-state index in [9.17, 15) is 10.1 Å². The number of carbonyl (C=O) groups is 1. The van der Waals surface area contributed by atoms with Crippen LogP contribution in [-0.2, 0) is 37.0 Å². The molecule has 11 nitrogen and oxygen atoms in total. The number of aromatic nitrogens is 6. The topological polar surface area (TPSA) is 150 Å². The van der Waals surface area contributed by atoms with Gasteiger partial charge in [-0.1, -0.05) is 24.3 Å². The lowest BCUT2D eigenvalue weighted by molar-refractivity contribution is -0.131. The normalized spacial score (nSPS) is 14.9. The Morgan fingerprint density at radius 3 is 2.66 bits per heavy atom. The van der Waals surface area contributed by atoms with Crippen LogP contribution in [-0.4, -0.2) is 53.8 Å². The molecule has 0 spiro atoms. The summed E-state index contributed by atoms with van der Waals surface area (Å²) in [6.45, 7) is 0.934. The van der Waals surface area contributed by atoms with E-state index in [4.69, 9.17) is 4.42 Å². The van der Waals surface area contributed by atoms with Gasteiger partial charge >= 0.3 is 0 Å². The van der Waals surface area contributed by atoms with E-state index in [2.05, 4.69) is 59.9 Å². The molecule has 1 amide bonds. The molecule has 4 aromatic rings. The number of hydrogen-bond acceptors (Lipinski definition) is 9. The van der Waals surface area contributed by atoms with Crippen molar-refractivity contribution < 1.29 is 9.21 Å². The first-order valence-electron chi connectivity index (χ1n) is 11.4. The van der Waals surface area contributed by atoms with Crippen molar-refractivity contribution in [3.05, 3.63) is 70.8 Å². The minimum absolute atomic E-state index is 0.0510. The molecule has 174 valence electrons. The zero-order valence-corrected chi connectivity index (χ0v) is 18.7. The fourth-order valence-corrected chi connectivity index (χ4v) is 4.63. The van der Waals surface area contributed by atoms with Crippen molar-refractivity contribution >= 4 is 11.9 Å². The summed E-state index contributed by atoms with van der Waals surface area (Å²) >= 11 is 0. The van der Waals surface area contributed by atoms with Gasteiger partial charge in [0.05, 0.1) is 17.8 Å². The highest BCUT2D eigenvalue weighted by Gasteiger charge is 2.26. The fourth-order valence-electron chi connectivity index (χ4n) is 4.63. The number of aromatic amines is 1. The molecule has 6 rings (SSSR count). The van der Waals surface area contributed by atoms with Crippen molar-refractivity contribution in [3.8, 4) is 17.4 Å². The third-order valence-electron chi connectivity index (χ3n) is 6.39. The Balaban J connectivity index is 1.13. The molecule has 2 aliphatic rings. The zero-order valence-electron chi connectivity index (χ0n) is 18.7. The van der Waals surface area contributed by atoms with E-state index in [1.165, 1.54) is 11.1 Å². The largest absolute Gasteiger partial charge is 0.439 e. The molecule has 0 unspecified atom stereocenters. The molecule has 11 heteroatoms. The molecule has 0 bridgehead atoms. The minimum atomic E-state index is -0.149. The Hall–Kier alpha value is -4.59. The summed E-state index contributed by atoms with van der Waals surface area (Å²) in [7, 11) is 0. The summed E-state index contributed by atoms with van der Waals surface area (Å²) < 4.78 is 5.81. The first kappa shape index (κ1) is 21.0. The molecule has 2 N–H and O–H groups in total. The number of fused-ring (bicyclic) bond motifs is 2. The molecular formula is C24H21N9O2. The third kappa shape index (κ3) is 4.10. The van der Waals surface area contributed by atoms with Crippen LogP contribution in [0.2, 0.25) is 0 Å². The van der Waals surface area contributed by atoms with Gasteiger partial charge in [0.15, 0.2) is 11.5 Å². The van der Waals surface area contributed by atoms with Crippen LogP contribution in [0, 0.1) is 11.3 Å². The second-order valence-electron chi connectivity index (χ2n) is 8.67. The maximum absolute atomic E-state index is 12.8. The van der Waals surface area contributed by atoms with E-state index in [1.54, 1.807) is 17.3 Å². The lowest BCUT2D eigenvalue weighted by atomic mass is 10.1. The molecule has 4 heterocycles. The molecule has 1 aromatic carbocycles. The lowest BCUT2D eigenvalue weighted by Gasteiger charge is -2.24. The number of hydrogen-bond donors (Lipinski definition) is 2. The minimum Gasteiger partial charge on any atom is -0.439 e. The number of rotatable bonds is 5. The quantitative estimate of drug-likeness (QED) is 0.448. The van der Waals surface area contributed by atoms with Crippen molar-refractivity contribution in [2.75, 3.05) is 11.9 Å². The molecule has 0 fully saturated rings. The number of nitrogens with zero attached hydrogens (tertiary/aromatic N) is 7. The van der Waals surface area contributed by atoms with Crippen molar-refractivity contribution in [1.82, 2.24) is 35.3 Å². The number of nitrogens with one attached hydrogen (secondary N) is 2. The molecule has 0 saturated carbocycles. The number of nitriles is 1. The number of carbonyl (C=O) groups excluding carboxylic acids is 1. The van der Waals surface area contributed by atoms with Crippen molar-refractivity contribution in [1.29, 1.82) is 5.26 Å². The maximum atomic E-state index is 12.8. The van der Waals surface area contributed by atoms with E-state index in [0.29, 0.717) is 31.0 Å². The Morgan fingerprint density at radius 2 is 1.91 bits per heavy atom. The van der Waals surface area contributed by atoms with Crippen LogP contribution in [0.4, 0.5) is 5.95 Å². The van der Waals surface area contributed by atoms with Crippen molar-refractivity contribution in [2.24, 2.45) is 0 Å². The highest BCUT2D eigenvalue weighted by atomic mass is 16.4. The molecule has 35 heavy (non-hydrogen) atoms. The highest BCUT2D eigenvalue weighted by Crippen LogP contribution is 2.26. The number of H-pyrrole nitrogens is 1. The molecule has 1 aliphatic heterocycles. The summed E-state index contributed by atoms with van der Waals surface area (Å²) in [4.78, 5) is 27.5. The number of anilines is 1. The molecule has 1 aliphatic carbocycles. The van der Waals surface area contributed by atoms with Crippen LogP contribution >= 0.6 is 0 Å². The Morgan fingerprint density at radius 1 is 1.17 bits per heavy atom. The summed E-state index contributed by atoms with van der Waals surface area (Å²) in [5.41, 5.74) is 4.96.